The van der Waals surface area contributed by atoms with Gasteiger partial charge in [0.15, 0.2) is 0 Å². The molecule has 0 bridgehead atoms. The first kappa shape index (κ1) is 15.3. The van der Waals surface area contributed by atoms with Crippen molar-refractivity contribution in [2.45, 2.75) is 23.8 Å². The molecule has 2 aromatic carbocycles. The predicted octanol–water partition coefficient (Wildman–Crippen LogP) is 2.31. The van der Waals surface area contributed by atoms with Gasteiger partial charge in [-0.3, -0.25) is 0 Å². The van der Waals surface area contributed by atoms with Gasteiger partial charge in [-0.05, 0) is 47.9 Å². The number of methoxy groups -OCH3 is 1. The summed E-state index contributed by atoms with van der Waals surface area (Å²) in [6, 6.07) is 10.6. The van der Waals surface area contributed by atoms with E-state index in [9.17, 15) is 8.42 Å². The second-order valence-corrected chi connectivity index (χ2v) is 7.13. The summed E-state index contributed by atoms with van der Waals surface area (Å²) >= 11 is 0. The molecule has 1 aliphatic heterocycles. The fourth-order valence-corrected chi connectivity index (χ4v) is 3.69. The lowest BCUT2D eigenvalue weighted by atomic mass is 10.1. The molecule has 0 unspecified atom stereocenters. The second-order valence-electron chi connectivity index (χ2n) is 5.36. The number of nitrogens with one attached hydrogen (secondary N) is 1. The van der Waals surface area contributed by atoms with Gasteiger partial charge in [-0.25, -0.2) is 13.1 Å². The highest BCUT2D eigenvalue weighted by molar-refractivity contribution is 7.89. The lowest BCUT2D eigenvalue weighted by molar-refractivity contribution is 0.114. The molecule has 0 saturated carbocycles. The highest BCUT2D eigenvalue weighted by atomic mass is 32.2. The zero-order chi connectivity index (χ0) is 15.6. The molecule has 1 heterocycles. The Bertz CT molecular complexity index is 767. The fraction of sp³-hybridized carbons (Fsp3) is 0.375. The van der Waals surface area contributed by atoms with Gasteiger partial charge in [-0.15, -0.1) is 0 Å². The lowest BCUT2D eigenvalue weighted by Crippen LogP contribution is -2.31. The van der Waals surface area contributed by atoms with Gasteiger partial charge in [0, 0.05) is 13.2 Å². The van der Waals surface area contributed by atoms with Gasteiger partial charge in [-0.1, -0.05) is 12.1 Å². The average Bonchev–Trinajstić information content (AvgIpc) is 3.05. The summed E-state index contributed by atoms with van der Waals surface area (Å²) < 4.78 is 38.0. The van der Waals surface area contributed by atoms with Crippen molar-refractivity contribution < 1.29 is 17.9 Å². The molecule has 0 aliphatic carbocycles. The Morgan fingerprint density at radius 1 is 1.23 bits per heavy atom. The second kappa shape index (κ2) is 6.24. The van der Waals surface area contributed by atoms with E-state index in [1.165, 1.54) is 0 Å². The zero-order valence-corrected chi connectivity index (χ0v) is 13.2. The molecule has 3 rings (SSSR count). The predicted molar refractivity (Wildman–Crippen MR) is 84.7 cm³/mol. The molecule has 1 saturated heterocycles. The van der Waals surface area contributed by atoms with Crippen molar-refractivity contribution in [3.05, 3.63) is 36.4 Å². The first-order chi connectivity index (χ1) is 10.6. The molecular formula is C16H19NO4S. The minimum atomic E-state index is -3.52. The van der Waals surface area contributed by atoms with Crippen LogP contribution in [-0.2, 0) is 14.8 Å². The van der Waals surface area contributed by atoms with Crippen molar-refractivity contribution in [3.63, 3.8) is 0 Å². The third-order valence-electron chi connectivity index (χ3n) is 3.85. The molecule has 1 atom stereocenters. The lowest BCUT2D eigenvalue weighted by Gasteiger charge is -2.12. The summed E-state index contributed by atoms with van der Waals surface area (Å²) in [7, 11) is -1.91. The van der Waals surface area contributed by atoms with E-state index in [0.717, 1.165) is 29.4 Å². The Labute approximate surface area is 130 Å². The molecule has 1 fully saturated rings. The van der Waals surface area contributed by atoms with Gasteiger partial charge < -0.3 is 9.47 Å². The molecule has 6 heteroatoms. The Hall–Kier alpha value is -1.63. The first-order valence-corrected chi connectivity index (χ1v) is 8.76. The summed E-state index contributed by atoms with van der Waals surface area (Å²) in [5.41, 5.74) is 0. The van der Waals surface area contributed by atoms with Crippen LogP contribution >= 0.6 is 0 Å². The molecule has 1 aliphatic rings. The van der Waals surface area contributed by atoms with Gasteiger partial charge in [0.05, 0.1) is 18.1 Å². The first-order valence-electron chi connectivity index (χ1n) is 7.27. The average molecular weight is 321 g/mol. The van der Waals surface area contributed by atoms with E-state index in [1.54, 1.807) is 25.3 Å². The quantitative estimate of drug-likeness (QED) is 0.918. The van der Waals surface area contributed by atoms with Crippen LogP contribution in [0.5, 0.6) is 5.75 Å². The van der Waals surface area contributed by atoms with Crippen LogP contribution in [0.25, 0.3) is 10.8 Å². The van der Waals surface area contributed by atoms with E-state index in [2.05, 4.69) is 4.72 Å². The number of rotatable bonds is 5. The fourth-order valence-electron chi connectivity index (χ4n) is 2.59. The Morgan fingerprint density at radius 2 is 2.00 bits per heavy atom. The Balaban J connectivity index is 1.81. The number of fused-ring (bicyclic) bond motifs is 1. The van der Waals surface area contributed by atoms with Gasteiger partial charge in [0.25, 0.3) is 0 Å². The van der Waals surface area contributed by atoms with Crippen molar-refractivity contribution in [3.8, 4) is 5.75 Å². The Morgan fingerprint density at radius 3 is 2.73 bits per heavy atom. The zero-order valence-electron chi connectivity index (χ0n) is 12.4. The molecule has 0 amide bonds. The summed E-state index contributed by atoms with van der Waals surface area (Å²) in [5.74, 6) is 0.750. The van der Waals surface area contributed by atoms with Gasteiger partial charge in [0.2, 0.25) is 10.0 Å². The van der Waals surface area contributed by atoms with Crippen molar-refractivity contribution in [1.82, 2.24) is 4.72 Å². The highest BCUT2D eigenvalue weighted by Gasteiger charge is 2.20. The third kappa shape index (κ3) is 3.24. The molecule has 5 nitrogen and oxygen atoms in total. The van der Waals surface area contributed by atoms with Crippen molar-refractivity contribution in [2.24, 2.45) is 0 Å². The van der Waals surface area contributed by atoms with Crippen molar-refractivity contribution in [2.75, 3.05) is 20.3 Å². The minimum Gasteiger partial charge on any atom is -0.497 e. The van der Waals surface area contributed by atoms with Crippen LogP contribution in [0.1, 0.15) is 12.8 Å². The third-order valence-corrected chi connectivity index (χ3v) is 5.28. The van der Waals surface area contributed by atoms with E-state index in [-0.39, 0.29) is 11.0 Å². The smallest absolute Gasteiger partial charge is 0.240 e. The van der Waals surface area contributed by atoms with E-state index in [4.69, 9.17) is 9.47 Å². The highest BCUT2D eigenvalue weighted by Crippen LogP contribution is 2.23. The summed E-state index contributed by atoms with van der Waals surface area (Å²) in [6.07, 6.45) is 1.88. The van der Waals surface area contributed by atoms with Crippen LogP contribution in [0.4, 0.5) is 0 Å². The minimum absolute atomic E-state index is 0.0144. The largest absolute Gasteiger partial charge is 0.497 e. The number of benzene rings is 2. The number of hydrogen-bond donors (Lipinski definition) is 1. The van der Waals surface area contributed by atoms with Crippen LogP contribution in [0.15, 0.2) is 41.3 Å². The van der Waals surface area contributed by atoms with Crippen LogP contribution in [-0.4, -0.2) is 34.8 Å². The van der Waals surface area contributed by atoms with Crippen molar-refractivity contribution >= 4 is 20.8 Å². The molecule has 2 aromatic rings. The van der Waals surface area contributed by atoms with Crippen LogP contribution < -0.4 is 9.46 Å². The standard InChI is InChI=1S/C16H19NO4S/c1-20-14-6-4-13-10-16(7-5-12(13)9-14)22(18,19)17-11-15-3-2-8-21-15/h4-7,9-10,15,17H,2-3,8,11H2,1H3/t15-/m0/s1. The van der Waals surface area contributed by atoms with Crippen LogP contribution in [0.3, 0.4) is 0 Å². The maximum Gasteiger partial charge on any atom is 0.240 e. The maximum absolute atomic E-state index is 12.4. The van der Waals surface area contributed by atoms with Gasteiger partial charge in [-0.2, -0.15) is 0 Å². The molecular weight excluding hydrogens is 302 g/mol. The summed E-state index contributed by atoms with van der Waals surface area (Å²) in [5, 5.41) is 1.80. The van der Waals surface area contributed by atoms with Crippen LogP contribution in [0.2, 0.25) is 0 Å². The monoisotopic (exact) mass is 321 g/mol. The molecule has 1 N–H and O–H groups in total. The number of hydrogen-bond acceptors (Lipinski definition) is 4. The SMILES string of the molecule is COc1ccc2cc(S(=O)(=O)NC[C@@H]3CCCO3)ccc2c1. The Kier molecular flexibility index (Phi) is 4.33. The molecule has 118 valence electrons. The van der Waals surface area contributed by atoms with E-state index < -0.39 is 10.0 Å². The number of sulfonamides is 1. The summed E-state index contributed by atoms with van der Waals surface area (Å²) in [6.45, 7) is 1.03. The molecule has 0 aromatic heterocycles. The van der Waals surface area contributed by atoms with E-state index >= 15 is 0 Å². The van der Waals surface area contributed by atoms with Crippen molar-refractivity contribution in [1.29, 1.82) is 0 Å². The molecule has 0 radical (unpaired) electrons. The molecule has 22 heavy (non-hydrogen) atoms. The summed E-state index contributed by atoms with van der Waals surface area (Å²) in [4.78, 5) is 0.267. The van der Waals surface area contributed by atoms with Gasteiger partial charge in [0.1, 0.15) is 5.75 Å². The maximum atomic E-state index is 12.4. The van der Waals surface area contributed by atoms with E-state index in [1.807, 2.05) is 18.2 Å². The van der Waals surface area contributed by atoms with Crippen LogP contribution in [0, 0.1) is 0 Å². The normalized spacial score (nSPS) is 18.7. The number of ether oxygens (including phenoxy) is 2. The van der Waals surface area contributed by atoms with E-state index in [0.29, 0.717) is 13.2 Å². The topological polar surface area (TPSA) is 64.6 Å². The molecule has 0 spiro atoms. The van der Waals surface area contributed by atoms with Gasteiger partial charge >= 0.3 is 0 Å².